The van der Waals surface area contributed by atoms with Crippen LogP contribution in [-0.2, 0) is 6.54 Å². The van der Waals surface area contributed by atoms with Crippen LogP contribution in [0.15, 0.2) is 29.5 Å². The molecule has 3 aromatic rings. The van der Waals surface area contributed by atoms with E-state index >= 15 is 0 Å². The maximum Gasteiger partial charge on any atom is 0.341 e. The SMILES string of the molecule is Cc1nn(CC2CC2)c(C)c1-c1ncc(F)c(OC2CN(C(=O)N3N=CCC3c3cc(F)cc(F)c3)C2)n1. The van der Waals surface area contributed by atoms with Crippen molar-refractivity contribution in [2.45, 2.75) is 51.8 Å². The third kappa shape index (κ3) is 4.59. The lowest BCUT2D eigenvalue weighted by molar-refractivity contribution is 0.0230. The molecule has 1 aromatic carbocycles. The number of urea groups is 1. The molecule has 1 saturated carbocycles. The number of nitrogens with zero attached hydrogens (tertiary/aromatic N) is 7. The maximum atomic E-state index is 14.6. The third-order valence-electron chi connectivity index (χ3n) is 7.14. The molecule has 6 rings (SSSR count). The summed E-state index contributed by atoms with van der Waals surface area (Å²) >= 11 is 0. The lowest BCUT2D eigenvalue weighted by Gasteiger charge is -2.40. The molecule has 2 amide bonds. The lowest BCUT2D eigenvalue weighted by Crippen LogP contribution is -2.59. The lowest BCUT2D eigenvalue weighted by atomic mass is 10.0. The molecule has 2 aromatic heterocycles. The van der Waals surface area contributed by atoms with Gasteiger partial charge in [-0.15, -0.1) is 0 Å². The zero-order valence-electron chi connectivity index (χ0n) is 20.9. The van der Waals surface area contributed by atoms with Gasteiger partial charge in [0.25, 0.3) is 5.88 Å². The molecule has 2 fully saturated rings. The number of benzene rings is 1. The first kappa shape index (κ1) is 24.4. The molecule has 38 heavy (non-hydrogen) atoms. The molecule has 12 heteroatoms. The first-order valence-corrected chi connectivity index (χ1v) is 12.6. The predicted octanol–water partition coefficient (Wildman–Crippen LogP) is 4.40. The van der Waals surface area contributed by atoms with Gasteiger partial charge in [0, 0.05) is 30.9 Å². The first-order valence-electron chi connectivity index (χ1n) is 12.6. The molecule has 1 atom stereocenters. The van der Waals surface area contributed by atoms with Crippen LogP contribution in [0.1, 0.15) is 42.3 Å². The number of hydrogen-bond donors (Lipinski definition) is 0. The van der Waals surface area contributed by atoms with Gasteiger partial charge in [0.15, 0.2) is 5.82 Å². The van der Waals surface area contributed by atoms with Gasteiger partial charge in [-0.05, 0) is 50.3 Å². The van der Waals surface area contributed by atoms with Gasteiger partial charge in [-0.3, -0.25) is 4.68 Å². The van der Waals surface area contributed by atoms with Gasteiger partial charge < -0.3 is 9.64 Å². The van der Waals surface area contributed by atoms with Crippen molar-refractivity contribution in [1.29, 1.82) is 0 Å². The number of aryl methyl sites for hydroxylation is 1. The first-order chi connectivity index (χ1) is 18.3. The summed E-state index contributed by atoms with van der Waals surface area (Å²) in [5.41, 5.74) is 2.77. The molecule has 0 N–H and O–H groups in total. The molecule has 0 spiro atoms. The second-order valence-electron chi connectivity index (χ2n) is 10.0. The summed E-state index contributed by atoms with van der Waals surface area (Å²) in [6.45, 7) is 5.04. The Morgan fingerprint density at radius 1 is 1.11 bits per heavy atom. The molecular weight excluding hydrogens is 499 g/mol. The summed E-state index contributed by atoms with van der Waals surface area (Å²) in [4.78, 5) is 23.0. The standard InChI is InChI=1S/C26H26F3N7O2/c1-14-23(15(2)35(33-14)11-16-3-4-16)24-30-10-21(29)25(32-24)38-20-12-34(13-20)26(37)36-22(5-6-31-36)17-7-18(27)9-19(28)8-17/h6-10,16,20,22H,3-5,11-13H2,1-2H3. The Hall–Kier alpha value is -3.96. The average molecular weight is 526 g/mol. The highest BCUT2D eigenvalue weighted by molar-refractivity contribution is 5.79. The molecular formula is C26H26F3N7O2. The van der Waals surface area contributed by atoms with E-state index in [0.717, 1.165) is 35.8 Å². The number of amides is 2. The zero-order chi connectivity index (χ0) is 26.6. The van der Waals surface area contributed by atoms with Crippen molar-refractivity contribution < 1.29 is 22.7 Å². The summed E-state index contributed by atoms with van der Waals surface area (Å²) < 4.78 is 49.7. The number of hydrogen-bond acceptors (Lipinski definition) is 6. The van der Waals surface area contributed by atoms with Crippen LogP contribution in [-0.4, -0.2) is 61.1 Å². The topological polar surface area (TPSA) is 88.7 Å². The molecule has 1 aliphatic carbocycles. The van der Waals surface area contributed by atoms with E-state index in [9.17, 15) is 18.0 Å². The predicted molar refractivity (Wildman–Crippen MR) is 131 cm³/mol. The molecule has 0 radical (unpaired) electrons. The highest BCUT2D eigenvalue weighted by Gasteiger charge is 2.39. The normalized spacial score (nSPS) is 19.2. The van der Waals surface area contributed by atoms with E-state index in [1.807, 2.05) is 18.5 Å². The van der Waals surface area contributed by atoms with Crippen LogP contribution in [0, 0.1) is 37.2 Å². The van der Waals surface area contributed by atoms with Crippen LogP contribution in [0.2, 0.25) is 0 Å². The van der Waals surface area contributed by atoms with E-state index in [2.05, 4.69) is 20.2 Å². The van der Waals surface area contributed by atoms with E-state index in [1.165, 1.54) is 41.1 Å². The number of likely N-dealkylation sites (tertiary alicyclic amines) is 1. The number of rotatable bonds is 6. The average Bonchev–Trinajstić information content (AvgIpc) is 3.43. The van der Waals surface area contributed by atoms with Crippen LogP contribution in [0.3, 0.4) is 0 Å². The van der Waals surface area contributed by atoms with Crippen molar-refractivity contribution in [2.24, 2.45) is 11.0 Å². The molecule has 2 aliphatic heterocycles. The van der Waals surface area contributed by atoms with Crippen molar-refractivity contribution >= 4 is 12.2 Å². The van der Waals surface area contributed by atoms with E-state index < -0.39 is 35.6 Å². The molecule has 9 nitrogen and oxygen atoms in total. The number of ether oxygens (including phenoxy) is 1. The smallest absolute Gasteiger partial charge is 0.341 e. The van der Waals surface area contributed by atoms with E-state index in [1.54, 1.807) is 0 Å². The van der Waals surface area contributed by atoms with Gasteiger partial charge in [0.2, 0.25) is 5.82 Å². The van der Waals surface area contributed by atoms with Crippen molar-refractivity contribution in [1.82, 2.24) is 29.7 Å². The van der Waals surface area contributed by atoms with Gasteiger partial charge in [0.05, 0.1) is 36.6 Å². The Morgan fingerprint density at radius 3 is 2.55 bits per heavy atom. The highest BCUT2D eigenvalue weighted by atomic mass is 19.1. The molecule has 3 aliphatic rings. The van der Waals surface area contributed by atoms with Crippen LogP contribution in [0.5, 0.6) is 5.88 Å². The summed E-state index contributed by atoms with van der Waals surface area (Å²) in [5.74, 6) is -1.34. The van der Waals surface area contributed by atoms with Gasteiger partial charge in [-0.1, -0.05) is 0 Å². The van der Waals surface area contributed by atoms with Gasteiger partial charge in [-0.2, -0.15) is 19.6 Å². The highest BCUT2D eigenvalue weighted by Crippen LogP contribution is 2.34. The fourth-order valence-corrected chi connectivity index (χ4v) is 4.91. The molecule has 4 heterocycles. The maximum absolute atomic E-state index is 14.6. The van der Waals surface area contributed by atoms with Crippen LogP contribution >= 0.6 is 0 Å². The third-order valence-corrected chi connectivity index (χ3v) is 7.14. The van der Waals surface area contributed by atoms with E-state index in [-0.39, 0.29) is 19.0 Å². The minimum Gasteiger partial charge on any atom is -0.468 e. The quantitative estimate of drug-likeness (QED) is 0.476. The van der Waals surface area contributed by atoms with Crippen molar-refractivity contribution in [3.05, 3.63) is 58.8 Å². The Balaban J connectivity index is 1.12. The fraction of sp³-hybridized carbons (Fsp3) is 0.423. The summed E-state index contributed by atoms with van der Waals surface area (Å²) in [6.07, 6.45) is 4.88. The minimum absolute atomic E-state index is 0.186. The molecule has 1 saturated heterocycles. The monoisotopic (exact) mass is 525 g/mol. The Kier molecular flexibility index (Phi) is 6.04. The van der Waals surface area contributed by atoms with E-state index in [4.69, 9.17) is 4.74 Å². The fourth-order valence-electron chi connectivity index (χ4n) is 4.91. The second-order valence-corrected chi connectivity index (χ2v) is 10.0. The van der Waals surface area contributed by atoms with Crippen LogP contribution in [0.4, 0.5) is 18.0 Å². The zero-order valence-corrected chi connectivity index (χ0v) is 20.9. The summed E-state index contributed by atoms with van der Waals surface area (Å²) in [7, 11) is 0. The number of carbonyl (C=O) groups is 1. The van der Waals surface area contributed by atoms with Gasteiger partial charge in [-0.25, -0.2) is 23.6 Å². The molecule has 0 bridgehead atoms. The van der Waals surface area contributed by atoms with Gasteiger partial charge in [0.1, 0.15) is 17.7 Å². The second kappa shape index (κ2) is 9.41. The van der Waals surface area contributed by atoms with Gasteiger partial charge >= 0.3 is 6.03 Å². The van der Waals surface area contributed by atoms with Crippen molar-refractivity contribution in [3.8, 4) is 17.3 Å². The number of halogens is 3. The number of hydrazone groups is 1. The Bertz CT molecular complexity index is 1410. The van der Waals surface area contributed by atoms with Crippen molar-refractivity contribution in [2.75, 3.05) is 13.1 Å². The summed E-state index contributed by atoms with van der Waals surface area (Å²) in [6, 6.07) is 2.13. The minimum atomic E-state index is -0.719. The Morgan fingerprint density at radius 2 is 1.84 bits per heavy atom. The Labute approximate surface area is 216 Å². The van der Waals surface area contributed by atoms with Crippen LogP contribution < -0.4 is 4.74 Å². The van der Waals surface area contributed by atoms with Crippen LogP contribution in [0.25, 0.3) is 11.4 Å². The molecule has 1 unspecified atom stereocenters. The van der Waals surface area contributed by atoms with E-state index in [0.29, 0.717) is 23.7 Å². The molecule has 198 valence electrons. The largest absolute Gasteiger partial charge is 0.468 e. The number of carbonyl (C=O) groups excluding carboxylic acids is 1. The number of aromatic nitrogens is 4. The van der Waals surface area contributed by atoms with Crippen molar-refractivity contribution in [3.63, 3.8) is 0 Å². The summed E-state index contributed by atoms with van der Waals surface area (Å²) in [5, 5.41) is 9.93.